The summed E-state index contributed by atoms with van der Waals surface area (Å²) in [5.41, 5.74) is 3.42. The summed E-state index contributed by atoms with van der Waals surface area (Å²) in [6, 6.07) is 17.0. The molecular weight excluding hydrogens is 286 g/mol. The molecule has 0 aliphatic heterocycles. The van der Waals surface area contributed by atoms with E-state index in [0.717, 1.165) is 13.1 Å². The molecule has 0 aliphatic carbocycles. The number of amides is 1. The monoisotopic (exact) mass is 307 g/mol. The molecular formula is C19H21N3O. The highest BCUT2D eigenvalue weighted by Gasteiger charge is 2.09. The molecule has 0 fully saturated rings. The fourth-order valence-corrected chi connectivity index (χ4v) is 2.50. The second-order valence-electron chi connectivity index (χ2n) is 5.31. The molecule has 0 heterocycles. The third-order valence-electron chi connectivity index (χ3n) is 3.76. The third-order valence-corrected chi connectivity index (χ3v) is 3.76. The van der Waals surface area contributed by atoms with E-state index in [-0.39, 0.29) is 5.91 Å². The predicted octanol–water partition coefficient (Wildman–Crippen LogP) is 3.12. The molecule has 2 aromatic rings. The number of benzene rings is 2. The van der Waals surface area contributed by atoms with Crippen LogP contribution >= 0.6 is 0 Å². The molecule has 0 atom stereocenters. The van der Waals surface area contributed by atoms with Gasteiger partial charge in [-0.3, -0.25) is 4.79 Å². The summed E-state index contributed by atoms with van der Waals surface area (Å²) in [6.45, 7) is 6.36. The summed E-state index contributed by atoms with van der Waals surface area (Å²) in [5.74, 6) is -0.150. The maximum Gasteiger partial charge on any atom is 0.251 e. The van der Waals surface area contributed by atoms with Crippen molar-refractivity contribution in [2.75, 3.05) is 24.5 Å². The van der Waals surface area contributed by atoms with Crippen LogP contribution in [0.5, 0.6) is 0 Å². The van der Waals surface area contributed by atoms with Crippen molar-refractivity contribution in [3.63, 3.8) is 0 Å². The molecule has 0 bridgehead atoms. The number of para-hydroxylation sites is 1. The Morgan fingerprint density at radius 1 is 1.22 bits per heavy atom. The Hall–Kier alpha value is -2.80. The lowest BCUT2D eigenvalue weighted by Crippen LogP contribution is -2.35. The van der Waals surface area contributed by atoms with Crippen LogP contribution in [0.25, 0.3) is 0 Å². The first-order valence-corrected chi connectivity index (χ1v) is 7.74. The Morgan fingerprint density at radius 3 is 2.70 bits per heavy atom. The summed E-state index contributed by atoms with van der Waals surface area (Å²) in [5, 5.41) is 11.8. The molecule has 23 heavy (non-hydrogen) atoms. The zero-order valence-corrected chi connectivity index (χ0v) is 13.5. The van der Waals surface area contributed by atoms with Crippen molar-refractivity contribution in [3.8, 4) is 6.07 Å². The first kappa shape index (κ1) is 16.6. The fourth-order valence-electron chi connectivity index (χ4n) is 2.50. The highest BCUT2D eigenvalue weighted by molar-refractivity contribution is 5.94. The standard InChI is InChI=1S/C19H21N3O/c1-3-22(18-10-5-4-7-15(18)2)12-11-21-19(23)17-9-6-8-16(13-17)14-20/h4-10,13H,3,11-12H2,1-2H3,(H,21,23). The SMILES string of the molecule is CCN(CCNC(=O)c1cccc(C#N)c1)c1ccccc1C. The lowest BCUT2D eigenvalue weighted by Gasteiger charge is -2.25. The van der Waals surface area contributed by atoms with E-state index in [2.05, 4.69) is 36.2 Å². The van der Waals surface area contributed by atoms with Crippen molar-refractivity contribution in [2.45, 2.75) is 13.8 Å². The van der Waals surface area contributed by atoms with Crippen molar-refractivity contribution in [1.29, 1.82) is 5.26 Å². The van der Waals surface area contributed by atoms with Crippen LogP contribution in [0.1, 0.15) is 28.4 Å². The van der Waals surface area contributed by atoms with Crippen molar-refractivity contribution in [3.05, 3.63) is 65.2 Å². The molecule has 0 saturated carbocycles. The largest absolute Gasteiger partial charge is 0.370 e. The van der Waals surface area contributed by atoms with E-state index < -0.39 is 0 Å². The van der Waals surface area contributed by atoms with Crippen LogP contribution in [0, 0.1) is 18.3 Å². The molecule has 4 nitrogen and oxygen atoms in total. The molecule has 0 spiro atoms. The van der Waals surface area contributed by atoms with E-state index in [9.17, 15) is 4.79 Å². The lowest BCUT2D eigenvalue weighted by atomic mass is 10.1. The van der Waals surface area contributed by atoms with Crippen LogP contribution in [0.15, 0.2) is 48.5 Å². The van der Waals surface area contributed by atoms with Crippen LogP contribution in [-0.2, 0) is 0 Å². The van der Waals surface area contributed by atoms with Gasteiger partial charge in [-0.15, -0.1) is 0 Å². The van der Waals surface area contributed by atoms with Gasteiger partial charge < -0.3 is 10.2 Å². The van der Waals surface area contributed by atoms with Gasteiger partial charge in [0.1, 0.15) is 0 Å². The third kappa shape index (κ3) is 4.33. The van der Waals surface area contributed by atoms with Crippen LogP contribution in [0.3, 0.4) is 0 Å². The number of rotatable bonds is 6. The summed E-state index contributed by atoms with van der Waals surface area (Å²) in [6.07, 6.45) is 0. The van der Waals surface area contributed by atoms with Crippen molar-refractivity contribution < 1.29 is 4.79 Å². The minimum Gasteiger partial charge on any atom is -0.370 e. The van der Waals surface area contributed by atoms with Gasteiger partial charge in [0.25, 0.3) is 5.91 Å². The highest BCUT2D eigenvalue weighted by Crippen LogP contribution is 2.18. The Balaban J connectivity index is 1.94. The number of hydrogen-bond acceptors (Lipinski definition) is 3. The zero-order chi connectivity index (χ0) is 16.7. The molecule has 0 radical (unpaired) electrons. The van der Waals surface area contributed by atoms with Gasteiger partial charge in [0.2, 0.25) is 0 Å². The predicted molar refractivity (Wildman–Crippen MR) is 92.6 cm³/mol. The number of carbonyl (C=O) groups excluding carboxylic acids is 1. The van der Waals surface area contributed by atoms with E-state index in [1.165, 1.54) is 11.3 Å². The summed E-state index contributed by atoms with van der Waals surface area (Å²) in [4.78, 5) is 14.4. The quantitative estimate of drug-likeness (QED) is 0.892. The zero-order valence-electron chi connectivity index (χ0n) is 13.5. The Kier molecular flexibility index (Phi) is 5.76. The lowest BCUT2D eigenvalue weighted by molar-refractivity contribution is 0.0954. The smallest absolute Gasteiger partial charge is 0.251 e. The fraction of sp³-hybridized carbons (Fsp3) is 0.263. The molecule has 4 heteroatoms. The first-order valence-electron chi connectivity index (χ1n) is 7.74. The van der Waals surface area contributed by atoms with Gasteiger partial charge in [-0.05, 0) is 43.7 Å². The second-order valence-corrected chi connectivity index (χ2v) is 5.31. The number of hydrogen-bond donors (Lipinski definition) is 1. The molecule has 118 valence electrons. The number of anilines is 1. The topological polar surface area (TPSA) is 56.1 Å². The maximum absolute atomic E-state index is 12.1. The van der Waals surface area contributed by atoms with E-state index in [0.29, 0.717) is 17.7 Å². The van der Waals surface area contributed by atoms with Gasteiger partial charge in [-0.1, -0.05) is 24.3 Å². The average molecular weight is 307 g/mol. The van der Waals surface area contributed by atoms with E-state index in [1.807, 2.05) is 18.2 Å². The molecule has 2 aromatic carbocycles. The molecule has 0 saturated heterocycles. The summed E-state index contributed by atoms with van der Waals surface area (Å²) in [7, 11) is 0. The Bertz CT molecular complexity index is 719. The number of likely N-dealkylation sites (N-methyl/N-ethyl adjacent to an activating group) is 1. The van der Waals surface area contributed by atoms with Gasteiger partial charge in [0, 0.05) is 30.9 Å². The van der Waals surface area contributed by atoms with Crippen molar-refractivity contribution in [1.82, 2.24) is 5.32 Å². The number of carbonyl (C=O) groups is 1. The number of aryl methyl sites for hydroxylation is 1. The Labute approximate surface area is 137 Å². The van der Waals surface area contributed by atoms with Gasteiger partial charge in [-0.2, -0.15) is 5.26 Å². The second kappa shape index (κ2) is 8.00. The van der Waals surface area contributed by atoms with E-state index >= 15 is 0 Å². The average Bonchev–Trinajstić information content (AvgIpc) is 2.59. The summed E-state index contributed by atoms with van der Waals surface area (Å²) < 4.78 is 0. The van der Waals surface area contributed by atoms with Gasteiger partial charge in [0.15, 0.2) is 0 Å². The van der Waals surface area contributed by atoms with Crippen molar-refractivity contribution in [2.24, 2.45) is 0 Å². The van der Waals surface area contributed by atoms with Gasteiger partial charge in [0.05, 0.1) is 11.6 Å². The number of nitrogens with one attached hydrogen (secondary N) is 1. The normalized spacial score (nSPS) is 9.96. The number of nitriles is 1. The van der Waals surface area contributed by atoms with Crippen LogP contribution < -0.4 is 10.2 Å². The summed E-state index contributed by atoms with van der Waals surface area (Å²) >= 11 is 0. The van der Waals surface area contributed by atoms with Crippen LogP contribution in [0.2, 0.25) is 0 Å². The van der Waals surface area contributed by atoms with Crippen LogP contribution in [-0.4, -0.2) is 25.5 Å². The highest BCUT2D eigenvalue weighted by atomic mass is 16.1. The van der Waals surface area contributed by atoms with Crippen LogP contribution in [0.4, 0.5) is 5.69 Å². The van der Waals surface area contributed by atoms with Gasteiger partial charge in [-0.25, -0.2) is 0 Å². The maximum atomic E-state index is 12.1. The molecule has 2 rings (SSSR count). The number of nitrogens with zero attached hydrogens (tertiary/aromatic N) is 2. The Morgan fingerprint density at radius 2 is 2.00 bits per heavy atom. The first-order chi connectivity index (χ1) is 11.2. The molecule has 1 N–H and O–H groups in total. The molecule has 0 aliphatic rings. The minimum atomic E-state index is -0.150. The molecule has 0 aromatic heterocycles. The molecule has 1 amide bonds. The van der Waals surface area contributed by atoms with Crippen molar-refractivity contribution >= 4 is 11.6 Å². The van der Waals surface area contributed by atoms with E-state index in [1.54, 1.807) is 24.3 Å². The minimum absolute atomic E-state index is 0.150. The molecule has 0 unspecified atom stereocenters. The van der Waals surface area contributed by atoms with E-state index in [4.69, 9.17) is 5.26 Å². The van der Waals surface area contributed by atoms with Gasteiger partial charge >= 0.3 is 0 Å².